The summed E-state index contributed by atoms with van der Waals surface area (Å²) in [5, 5.41) is 0. The van der Waals surface area contributed by atoms with Crippen LogP contribution in [0.4, 0.5) is 0 Å². The molecule has 1 aromatic heterocycles. The van der Waals surface area contributed by atoms with Crippen molar-refractivity contribution < 1.29 is 4.79 Å². The number of aryl methyl sites for hydroxylation is 1. The molecule has 0 bridgehead atoms. The Kier molecular flexibility index (Phi) is 3.19. The van der Waals surface area contributed by atoms with Gasteiger partial charge in [-0.25, -0.2) is 0 Å². The first-order valence-electron chi connectivity index (χ1n) is 5.64. The molecule has 1 saturated heterocycles. The quantitative estimate of drug-likeness (QED) is 0.765. The smallest absolute Gasteiger partial charge is 0.254 e. The van der Waals surface area contributed by atoms with E-state index in [0.29, 0.717) is 12.1 Å². The maximum atomic E-state index is 12.1. The van der Waals surface area contributed by atoms with E-state index in [1.165, 1.54) is 0 Å². The van der Waals surface area contributed by atoms with Crippen molar-refractivity contribution in [1.82, 2.24) is 9.88 Å². The van der Waals surface area contributed by atoms with E-state index in [2.05, 4.69) is 4.98 Å². The van der Waals surface area contributed by atoms with E-state index < -0.39 is 0 Å². The number of pyridine rings is 1. The molecule has 1 atom stereocenters. The van der Waals surface area contributed by atoms with Gasteiger partial charge in [-0.1, -0.05) is 0 Å². The second-order valence-electron chi connectivity index (χ2n) is 4.34. The van der Waals surface area contributed by atoms with Crippen molar-refractivity contribution in [1.29, 1.82) is 0 Å². The maximum absolute atomic E-state index is 12.1. The van der Waals surface area contributed by atoms with Gasteiger partial charge in [0, 0.05) is 36.6 Å². The molecule has 4 heteroatoms. The highest BCUT2D eigenvalue weighted by atomic mass is 16.2. The number of amides is 1. The summed E-state index contributed by atoms with van der Waals surface area (Å²) in [5.41, 5.74) is 7.44. The third-order valence-corrected chi connectivity index (χ3v) is 2.89. The number of nitrogens with two attached hydrogens (primary N) is 1. The minimum absolute atomic E-state index is 0.0700. The number of hydrogen-bond donors (Lipinski definition) is 1. The summed E-state index contributed by atoms with van der Waals surface area (Å²) in [6.45, 7) is 3.37. The van der Waals surface area contributed by atoms with Crippen LogP contribution < -0.4 is 5.73 Å². The Hall–Kier alpha value is -1.42. The van der Waals surface area contributed by atoms with Gasteiger partial charge in [0.1, 0.15) is 0 Å². The summed E-state index contributed by atoms with van der Waals surface area (Å²) in [6, 6.07) is 3.71. The number of nitrogens with zero attached hydrogens (tertiary/aromatic N) is 2. The monoisotopic (exact) mass is 219 g/mol. The van der Waals surface area contributed by atoms with Gasteiger partial charge in [-0.15, -0.1) is 0 Å². The molecule has 0 spiro atoms. The highest BCUT2D eigenvalue weighted by Gasteiger charge is 2.22. The molecule has 86 valence electrons. The zero-order chi connectivity index (χ0) is 11.5. The molecule has 0 unspecified atom stereocenters. The number of carbonyl (C=O) groups is 1. The Morgan fingerprint density at radius 1 is 1.62 bits per heavy atom. The highest BCUT2D eigenvalue weighted by molar-refractivity contribution is 5.94. The first-order chi connectivity index (χ1) is 7.66. The fraction of sp³-hybridized carbons (Fsp3) is 0.500. The van der Waals surface area contributed by atoms with Gasteiger partial charge in [0.05, 0.1) is 0 Å². The predicted molar refractivity (Wildman–Crippen MR) is 62.1 cm³/mol. The van der Waals surface area contributed by atoms with Gasteiger partial charge >= 0.3 is 0 Å². The van der Waals surface area contributed by atoms with Crippen LogP contribution in [0.15, 0.2) is 18.3 Å². The van der Waals surface area contributed by atoms with Gasteiger partial charge < -0.3 is 10.6 Å². The molecule has 0 aromatic carbocycles. The van der Waals surface area contributed by atoms with Gasteiger partial charge in [-0.05, 0) is 31.9 Å². The van der Waals surface area contributed by atoms with Gasteiger partial charge in [-0.3, -0.25) is 9.78 Å². The number of piperidine rings is 1. The highest BCUT2D eigenvalue weighted by Crippen LogP contribution is 2.12. The average Bonchev–Trinajstić information content (AvgIpc) is 2.28. The van der Waals surface area contributed by atoms with Crippen molar-refractivity contribution in [3.8, 4) is 0 Å². The Bertz CT molecular complexity index is 392. The molecular formula is C12H17N3O. The maximum Gasteiger partial charge on any atom is 0.254 e. The summed E-state index contributed by atoms with van der Waals surface area (Å²) in [6.07, 6.45) is 3.68. The van der Waals surface area contributed by atoms with Crippen molar-refractivity contribution in [3.05, 3.63) is 29.6 Å². The summed E-state index contributed by atoms with van der Waals surface area (Å²) < 4.78 is 0. The van der Waals surface area contributed by atoms with Crippen LogP contribution in [0.1, 0.15) is 28.9 Å². The summed E-state index contributed by atoms with van der Waals surface area (Å²) in [7, 11) is 0. The summed E-state index contributed by atoms with van der Waals surface area (Å²) >= 11 is 0. The minimum Gasteiger partial charge on any atom is -0.337 e. The third-order valence-electron chi connectivity index (χ3n) is 2.89. The fourth-order valence-electron chi connectivity index (χ4n) is 2.06. The first-order valence-corrected chi connectivity index (χ1v) is 5.64. The van der Waals surface area contributed by atoms with Crippen molar-refractivity contribution >= 4 is 5.91 Å². The van der Waals surface area contributed by atoms with E-state index in [1.54, 1.807) is 12.3 Å². The molecule has 2 rings (SSSR count). The molecule has 2 N–H and O–H groups in total. The van der Waals surface area contributed by atoms with Gasteiger partial charge in [0.25, 0.3) is 5.91 Å². The van der Waals surface area contributed by atoms with E-state index in [9.17, 15) is 4.79 Å². The Morgan fingerprint density at radius 3 is 3.12 bits per heavy atom. The SMILES string of the molecule is Cc1cc(C(=O)N2CCC[C@@H](N)C2)ccn1. The lowest BCUT2D eigenvalue weighted by Gasteiger charge is -2.30. The number of rotatable bonds is 1. The number of likely N-dealkylation sites (tertiary alicyclic amines) is 1. The molecule has 0 aliphatic carbocycles. The van der Waals surface area contributed by atoms with Crippen LogP contribution in [0.2, 0.25) is 0 Å². The van der Waals surface area contributed by atoms with Crippen LogP contribution in [-0.2, 0) is 0 Å². The molecule has 1 aliphatic heterocycles. The molecular weight excluding hydrogens is 202 g/mol. The zero-order valence-corrected chi connectivity index (χ0v) is 9.52. The van der Waals surface area contributed by atoms with Crippen molar-refractivity contribution in [2.24, 2.45) is 5.73 Å². The molecule has 1 fully saturated rings. The average molecular weight is 219 g/mol. The molecule has 0 saturated carbocycles. The number of hydrogen-bond acceptors (Lipinski definition) is 3. The van der Waals surface area contributed by atoms with Crippen LogP contribution >= 0.6 is 0 Å². The molecule has 2 heterocycles. The van der Waals surface area contributed by atoms with E-state index >= 15 is 0 Å². The first kappa shape index (κ1) is 11.1. The van der Waals surface area contributed by atoms with Crippen LogP contribution in [0.5, 0.6) is 0 Å². The van der Waals surface area contributed by atoms with E-state index in [4.69, 9.17) is 5.73 Å². The Balaban J connectivity index is 2.12. The minimum atomic E-state index is 0.0700. The lowest BCUT2D eigenvalue weighted by Crippen LogP contribution is -2.45. The summed E-state index contributed by atoms with van der Waals surface area (Å²) in [4.78, 5) is 18.1. The van der Waals surface area contributed by atoms with Crippen molar-refractivity contribution in [2.75, 3.05) is 13.1 Å². The van der Waals surface area contributed by atoms with Gasteiger partial charge in [0.2, 0.25) is 0 Å². The van der Waals surface area contributed by atoms with Crippen molar-refractivity contribution in [3.63, 3.8) is 0 Å². The molecule has 1 aliphatic rings. The second kappa shape index (κ2) is 4.61. The fourth-order valence-corrected chi connectivity index (χ4v) is 2.06. The van der Waals surface area contributed by atoms with Crippen LogP contribution in [-0.4, -0.2) is 34.9 Å². The lowest BCUT2D eigenvalue weighted by atomic mass is 10.1. The second-order valence-corrected chi connectivity index (χ2v) is 4.34. The molecule has 0 radical (unpaired) electrons. The normalized spacial score (nSPS) is 20.9. The molecule has 4 nitrogen and oxygen atoms in total. The van der Waals surface area contributed by atoms with E-state index in [-0.39, 0.29) is 11.9 Å². The van der Waals surface area contributed by atoms with Crippen LogP contribution in [0.3, 0.4) is 0 Å². The largest absolute Gasteiger partial charge is 0.337 e. The third kappa shape index (κ3) is 2.39. The van der Waals surface area contributed by atoms with Crippen LogP contribution in [0.25, 0.3) is 0 Å². The Morgan fingerprint density at radius 2 is 2.44 bits per heavy atom. The number of aromatic nitrogens is 1. The topological polar surface area (TPSA) is 59.2 Å². The molecule has 1 aromatic rings. The zero-order valence-electron chi connectivity index (χ0n) is 9.52. The van der Waals surface area contributed by atoms with E-state index in [1.807, 2.05) is 17.9 Å². The van der Waals surface area contributed by atoms with Crippen molar-refractivity contribution in [2.45, 2.75) is 25.8 Å². The molecule has 16 heavy (non-hydrogen) atoms. The molecule has 1 amide bonds. The van der Waals surface area contributed by atoms with E-state index in [0.717, 1.165) is 25.1 Å². The Labute approximate surface area is 95.5 Å². The standard InChI is InChI=1S/C12H17N3O/c1-9-7-10(4-5-14-9)12(16)15-6-2-3-11(13)8-15/h4-5,7,11H,2-3,6,8,13H2,1H3/t11-/m1/s1. The number of carbonyl (C=O) groups excluding carboxylic acids is 1. The predicted octanol–water partition coefficient (Wildman–Crippen LogP) is 0.953. The van der Waals surface area contributed by atoms with Crippen LogP contribution in [0, 0.1) is 6.92 Å². The van der Waals surface area contributed by atoms with Gasteiger partial charge in [0.15, 0.2) is 0 Å². The summed E-state index contributed by atoms with van der Waals surface area (Å²) in [5.74, 6) is 0.0700. The van der Waals surface area contributed by atoms with Gasteiger partial charge in [-0.2, -0.15) is 0 Å². The lowest BCUT2D eigenvalue weighted by molar-refractivity contribution is 0.0708.